The number of nitrogens with one attached hydrogen (secondary N) is 4. The van der Waals surface area contributed by atoms with Gasteiger partial charge < -0.3 is 15.4 Å². The molecule has 0 aliphatic carbocycles. The Labute approximate surface area is 174 Å². The van der Waals surface area contributed by atoms with Crippen LogP contribution in [-0.2, 0) is 16.0 Å². The first-order valence-corrected chi connectivity index (χ1v) is 10.9. The van der Waals surface area contributed by atoms with E-state index < -0.39 is 0 Å². The third-order valence-electron chi connectivity index (χ3n) is 4.44. The molecule has 28 heavy (non-hydrogen) atoms. The topological polar surface area (TPSA) is 86.2 Å². The fraction of sp³-hybridized carbons (Fsp3) is 0.619. The van der Waals surface area contributed by atoms with Crippen molar-refractivity contribution >= 4 is 29.9 Å². The molecule has 158 valence electrons. The zero-order valence-corrected chi connectivity index (χ0v) is 18.4. The molecular weight excluding hydrogens is 372 g/mol. The summed E-state index contributed by atoms with van der Waals surface area (Å²) in [5, 5.41) is 14.4. The highest BCUT2D eigenvalue weighted by molar-refractivity contribution is 7.98. The normalized spacial score (nSPS) is 13.0. The Kier molecular flexibility index (Phi) is 12.4. The van der Waals surface area contributed by atoms with Crippen molar-refractivity contribution in [1.29, 1.82) is 5.41 Å². The number of hydrogen-bond acceptors (Lipinski definition) is 6. The summed E-state index contributed by atoms with van der Waals surface area (Å²) in [5.74, 6) is 0.663. The van der Waals surface area contributed by atoms with Crippen LogP contribution in [0.15, 0.2) is 24.3 Å². The Morgan fingerprint density at radius 1 is 1.25 bits per heavy atom. The van der Waals surface area contributed by atoms with Crippen LogP contribution >= 0.6 is 11.9 Å². The highest BCUT2D eigenvalue weighted by Crippen LogP contribution is 2.22. The zero-order valence-electron chi connectivity index (χ0n) is 17.6. The molecule has 1 aromatic carbocycles. The van der Waals surface area contributed by atoms with Crippen molar-refractivity contribution in [3.63, 3.8) is 0 Å². The van der Waals surface area contributed by atoms with E-state index in [1.54, 1.807) is 11.9 Å². The van der Waals surface area contributed by atoms with Crippen molar-refractivity contribution in [1.82, 2.24) is 10.0 Å². The van der Waals surface area contributed by atoms with Crippen molar-refractivity contribution in [2.75, 3.05) is 32.1 Å². The molecule has 1 rings (SSSR count). The van der Waals surface area contributed by atoms with Gasteiger partial charge in [-0.2, -0.15) is 0 Å². The lowest BCUT2D eigenvalue weighted by Gasteiger charge is -2.25. The number of benzene rings is 1. The van der Waals surface area contributed by atoms with Gasteiger partial charge in [0.15, 0.2) is 5.90 Å². The Hall–Kier alpha value is -1.73. The van der Waals surface area contributed by atoms with Crippen molar-refractivity contribution in [3.05, 3.63) is 29.8 Å². The molecular formula is C21H36N4O2S. The van der Waals surface area contributed by atoms with Gasteiger partial charge in [0.1, 0.15) is 0 Å². The van der Waals surface area contributed by atoms with E-state index in [0.717, 1.165) is 19.4 Å². The molecule has 0 aliphatic rings. The number of rotatable bonds is 15. The van der Waals surface area contributed by atoms with E-state index in [-0.39, 0.29) is 11.2 Å². The zero-order chi connectivity index (χ0) is 20.8. The third kappa shape index (κ3) is 9.46. The number of para-hydroxylation sites is 1. The number of amides is 1. The SMILES string of the molecule is CNc1ccccc1CCCNSC(C)C(CCNC=O)C(=N)OCC(C)C. The average Bonchev–Trinajstić information content (AvgIpc) is 2.69. The maximum absolute atomic E-state index is 10.5. The van der Waals surface area contributed by atoms with E-state index in [4.69, 9.17) is 10.1 Å². The minimum atomic E-state index is -0.0336. The minimum absolute atomic E-state index is 0.0336. The Morgan fingerprint density at radius 3 is 2.68 bits per heavy atom. The quantitative estimate of drug-likeness (QED) is 0.117. The Morgan fingerprint density at radius 2 is 2.00 bits per heavy atom. The molecule has 0 saturated heterocycles. The van der Waals surface area contributed by atoms with Gasteiger partial charge in [-0.25, -0.2) is 0 Å². The molecule has 1 aromatic rings. The molecule has 0 bridgehead atoms. The summed E-state index contributed by atoms with van der Waals surface area (Å²) in [6.07, 6.45) is 3.45. The molecule has 0 aromatic heterocycles. The first kappa shape index (κ1) is 24.3. The van der Waals surface area contributed by atoms with Gasteiger partial charge in [-0.15, -0.1) is 0 Å². The van der Waals surface area contributed by atoms with Crippen LogP contribution in [0.4, 0.5) is 5.69 Å². The third-order valence-corrected chi connectivity index (χ3v) is 5.51. The van der Waals surface area contributed by atoms with Gasteiger partial charge >= 0.3 is 0 Å². The molecule has 6 nitrogen and oxygen atoms in total. The Bertz CT molecular complexity index is 583. The first-order chi connectivity index (χ1) is 13.5. The molecule has 0 saturated carbocycles. The second-order valence-corrected chi connectivity index (χ2v) is 8.53. The van der Waals surface area contributed by atoms with Gasteiger partial charge in [0, 0.05) is 37.0 Å². The first-order valence-electron chi connectivity index (χ1n) is 10.0. The van der Waals surface area contributed by atoms with Crippen LogP contribution in [0.3, 0.4) is 0 Å². The number of hydrogen-bond donors (Lipinski definition) is 4. The molecule has 0 heterocycles. The van der Waals surface area contributed by atoms with Gasteiger partial charge in [0.2, 0.25) is 6.41 Å². The molecule has 7 heteroatoms. The van der Waals surface area contributed by atoms with E-state index >= 15 is 0 Å². The highest BCUT2D eigenvalue weighted by Gasteiger charge is 2.24. The fourth-order valence-electron chi connectivity index (χ4n) is 2.85. The smallest absolute Gasteiger partial charge is 0.207 e. The van der Waals surface area contributed by atoms with Gasteiger partial charge in [-0.05, 0) is 36.8 Å². The predicted molar refractivity (Wildman–Crippen MR) is 120 cm³/mol. The number of carbonyl (C=O) groups is 1. The maximum atomic E-state index is 10.5. The number of aryl methyl sites for hydroxylation is 1. The van der Waals surface area contributed by atoms with Gasteiger partial charge in [-0.3, -0.25) is 14.9 Å². The van der Waals surface area contributed by atoms with Gasteiger partial charge in [0.05, 0.1) is 6.61 Å². The summed E-state index contributed by atoms with van der Waals surface area (Å²) in [6.45, 7) is 8.24. The van der Waals surface area contributed by atoms with Crippen LogP contribution in [0.2, 0.25) is 0 Å². The van der Waals surface area contributed by atoms with Crippen molar-refractivity contribution in [2.24, 2.45) is 11.8 Å². The molecule has 0 aliphatic heterocycles. The second kappa shape index (κ2) is 14.3. The summed E-state index contributed by atoms with van der Waals surface area (Å²) < 4.78 is 9.08. The van der Waals surface area contributed by atoms with Crippen molar-refractivity contribution < 1.29 is 9.53 Å². The molecule has 0 fully saturated rings. The van der Waals surface area contributed by atoms with Crippen LogP contribution in [0.25, 0.3) is 0 Å². The maximum Gasteiger partial charge on any atom is 0.207 e. The van der Waals surface area contributed by atoms with Crippen molar-refractivity contribution in [3.8, 4) is 0 Å². The summed E-state index contributed by atoms with van der Waals surface area (Å²) in [6, 6.07) is 8.37. The lowest BCUT2D eigenvalue weighted by atomic mass is 10.0. The largest absolute Gasteiger partial charge is 0.481 e. The summed E-state index contributed by atoms with van der Waals surface area (Å²) in [4.78, 5) is 10.5. The van der Waals surface area contributed by atoms with Crippen molar-refractivity contribution in [2.45, 2.75) is 45.3 Å². The van der Waals surface area contributed by atoms with E-state index in [1.165, 1.54) is 11.3 Å². The van der Waals surface area contributed by atoms with E-state index in [0.29, 0.717) is 37.8 Å². The molecule has 2 atom stereocenters. The summed E-state index contributed by atoms with van der Waals surface area (Å²) >= 11 is 1.65. The second-order valence-electron chi connectivity index (χ2n) is 7.26. The van der Waals surface area contributed by atoms with Crippen LogP contribution in [0, 0.1) is 17.2 Å². The van der Waals surface area contributed by atoms with Crippen LogP contribution in [-0.4, -0.2) is 44.3 Å². The van der Waals surface area contributed by atoms with Crippen LogP contribution < -0.4 is 15.4 Å². The molecule has 0 spiro atoms. The molecule has 1 amide bonds. The van der Waals surface area contributed by atoms with E-state index in [9.17, 15) is 4.79 Å². The number of anilines is 1. The minimum Gasteiger partial charge on any atom is -0.481 e. The van der Waals surface area contributed by atoms with Crippen LogP contribution in [0.5, 0.6) is 0 Å². The van der Waals surface area contributed by atoms with Gasteiger partial charge in [-0.1, -0.05) is 50.9 Å². The number of ether oxygens (including phenoxy) is 1. The highest BCUT2D eigenvalue weighted by atomic mass is 32.2. The molecule has 2 unspecified atom stereocenters. The van der Waals surface area contributed by atoms with Crippen LogP contribution in [0.1, 0.15) is 39.2 Å². The summed E-state index contributed by atoms with van der Waals surface area (Å²) in [7, 11) is 1.95. The van der Waals surface area contributed by atoms with E-state index in [1.807, 2.05) is 13.1 Å². The monoisotopic (exact) mass is 408 g/mol. The Balaban J connectivity index is 2.42. The molecule has 0 radical (unpaired) electrons. The van der Waals surface area contributed by atoms with Gasteiger partial charge in [0.25, 0.3) is 0 Å². The fourth-order valence-corrected chi connectivity index (χ4v) is 3.79. The summed E-state index contributed by atoms with van der Waals surface area (Å²) in [5.41, 5.74) is 2.51. The number of carbonyl (C=O) groups excluding carboxylic acids is 1. The average molecular weight is 409 g/mol. The standard InChI is InChI=1S/C21H36N4O2S/c1-16(2)14-27-21(22)19(11-13-24-15-26)17(3)28-25-12-7-9-18-8-5-6-10-20(18)23-4/h5-6,8,10,15-17,19,22-23,25H,7,9,11-14H2,1-4H3,(H,24,26). The predicted octanol–water partition coefficient (Wildman–Crippen LogP) is 3.69. The lowest BCUT2D eigenvalue weighted by Crippen LogP contribution is -2.31. The van der Waals surface area contributed by atoms with E-state index in [2.05, 4.69) is 54.3 Å². The lowest BCUT2D eigenvalue weighted by molar-refractivity contribution is -0.109. The molecule has 4 N–H and O–H groups in total.